The molecule has 5 N–H and O–H groups in total. The van der Waals surface area contributed by atoms with E-state index in [1.807, 2.05) is 0 Å². The Bertz CT molecular complexity index is 422. The summed E-state index contributed by atoms with van der Waals surface area (Å²) in [6, 6.07) is 4.48. The van der Waals surface area contributed by atoms with Gasteiger partial charge in [-0.15, -0.1) is 0 Å². The predicted octanol–water partition coefficient (Wildman–Crippen LogP) is 3.13. The van der Waals surface area contributed by atoms with E-state index in [0.717, 1.165) is 18.4 Å². The monoisotopic (exact) mass is 265 g/mol. The molecule has 4 heteroatoms. The standard InChI is InChI=1S/C15H24FN3/c1-2-10-5-3-4-6-12(10)15(19-18)13-9-11(16)7-8-14(13)17/h7-10,12,15,19H,2-6,17-18H2,1H3. The largest absolute Gasteiger partial charge is 0.398 e. The molecule has 2 rings (SSSR count). The van der Waals surface area contributed by atoms with Crippen LogP contribution in [0.3, 0.4) is 0 Å². The smallest absolute Gasteiger partial charge is 0.123 e. The zero-order valence-electron chi connectivity index (χ0n) is 11.5. The van der Waals surface area contributed by atoms with Crippen molar-refractivity contribution in [2.24, 2.45) is 17.7 Å². The highest BCUT2D eigenvalue weighted by Crippen LogP contribution is 2.41. The van der Waals surface area contributed by atoms with Crippen molar-refractivity contribution in [3.05, 3.63) is 29.6 Å². The molecule has 1 aliphatic rings. The first kappa shape index (κ1) is 14.3. The van der Waals surface area contributed by atoms with E-state index in [1.165, 1.54) is 31.4 Å². The topological polar surface area (TPSA) is 64.1 Å². The lowest BCUT2D eigenvalue weighted by atomic mass is 9.72. The van der Waals surface area contributed by atoms with Crippen molar-refractivity contribution in [2.75, 3.05) is 5.73 Å². The Morgan fingerprint density at radius 3 is 2.79 bits per heavy atom. The Morgan fingerprint density at radius 1 is 1.37 bits per heavy atom. The number of nitrogen functional groups attached to an aromatic ring is 1. The molecule has 0 aliphatic heterocycles. The van der Waals surface area contributed by atoms with E-state index < -0.39 is 0 Å². The molecule has 19 heavy (non-hydrogen) atoms. The third-order valence-electron chi connectivity index (χ3n) is 4.48. The quantitative estimate of drug-likeness (QED) is 0.445. The molecule has 1 aliphatic carbocycles. The number of nitrogens with two attached hydrogens (primary N) is 2. The van der Waals surface area contributed by atoms with Crippen LogP contribution in [0.15, 0.2) is 18.2 Å². The first-order valence-electron chi connectivity index (χ1n) is 7.18. The summed E-state index contributed by atoms with van der Waals surface area (Å²) in [4.78, 5) is 0. The second kappa shape index (κ2) is 6.35. The van der Waals surface area contributed by atoms with Gasteiger partial charge in [0, 0.05) is 5.69 Å². The molecule has 3 atom stereocenters. The fourth-order valence-electron chi connectivity index (χ4n) is 3.44. The van der Waals surface area contributed by atoms with Crippen molar-refractivity contribution in [1.82, 2.24) is 5.43 Å². The van der Waals surface area contributed by atoms with E-state index in [-0.39, 0.29) is 11.9 Å². The molecule has 3 nitrogen and oxygen atoms in total. The van der Waals surface area contributed by atoms with Crippen molar-refractivity contribution in [3.63, 3.8) is 0 Å². The molecule has 3 unspecified atom stereocenters. The molecule has 0 spiro atoms. The third-order valence-corrected chi connectivity index (χ3v) is 4.48. The van der Waals surface area contributed by atoms with Crippen molar-refractivity contribution in [1.29, 1.82) is 0 Å². The van der Waals surface area contributed by atoms with Gasteiger partial charge in [-0.2, -0.15) is 0 Å². The summed E-state index contributed by atoms with van der Waals surface area (Å²) in [5.74, 6) is 6.56. The first-order valence-corrected chi connectivity index (χ1v) is 7.18. The van der Waals surface area contributed by atoms with Crippen LogP contribution in [0.25, 0.3) is 0 Å². The summed E-state index contributed by atoms with van der Waals surface area (Å²) >= 11 is 0. The number of benzene rings is 1. The highest BCUT2D eigenvalue weighted by Gasteiger charge is 2.32. The SMILES string of the molecule is CCC1CCCCC1C(NN)c1cc(F)ccc1N. The minimum atomic E-state index is -0.256. The van der Waals surface area contributed by atoms with Gasteiger partial charge in [-0.3, -0.25) is 11.3 Å². The van der Waals surface area contributed by atoms with Gasteiger partial charge in [0.15, 0.2) is 0 Å². The van der Waals surface area contributed by atoms with Crippen LogP contribution in [0.5, 0.6) is 0 Å². The number of hydrogen-bond acceptors (Lipinski definition) is 3. The van der Waals surface area contributed by atoms with Crippen molar-refractivity contribution >= 4 is 5.69 Å². The lowest BCUT2D eigenvalue weighted by molar-refractivity contribution is 0.176. The zero-order valence-corrected chi connectivity index (χ0v) is 11.5. The molecular weight excluding hydrogens is 241 g/mol. The number of rotatable bonds is 4. The summed E-state index contributed by atoms with van der Waals surface area (Å²) in [7, 11) is 0. The lowest BCUT2D eigenvalue weighted by Crippen LogP contribution is -2.38. The van der Waals surface area contributed by atoms with Crippen LogP contribution in [0.1, 0.15) is 50.6 Å². The Morgan fingerprint density at radius 2 is 2.11 bits per heavy atom. The van der Waals surface area contributed by atoms with Crippen LogP contribution in [0.4, 0.5) is 10.1 Å². The summed E-state index contributed by atoms with van der Waals surface area (Å²) in [5, 5.41) is 0. The Labute approximate surface area is 114 Å². The maximum absolute atomic E-state index is 13.5. The van der Waals surface area contributed by atoms with Crippen LogP contribution >= 0.6 is 0 Å². The van der Waals surface area contributed by atoms with Gasteiger partial charge in [-0.1, -0.05) is 32.6 Å². The maximum Gasteiger partial charge on any atom is 0.123 e. The number of halogens is 1. The molecule has 106 valence electrons. The van der Waals surface area contributed by atoms with Crippen LogP contribution in [0, 0.1) is 17.7 Å². The molecule has 1 aromatic carbocycles. The van der Waals surface area contributed by atoms with Gasteiger partial charge >= 0.3 is 0 Å². The van der Waals surface area contributed by atoms with Crippen LogP contribution in [0.2, 0.25) is 0 Å². The van der Waals surface area contributed by atoms with Crippen molar-refractivity contribution in [3.8, 4) is 0 Å². The number of anilines is 1. The maximum atomic E-state index is 13.5. The van der Waals surface area contributed by atoms with Gasteiger partial charge < -0.3 is 5.73 Å². The first-order chi connectivity index (χ1) is 9.17. The number of hydrogen-bond donors (Lipinski definition) is 3. The average Bonchev–Trinajstić information content (AvgIpc) is 2.44. The molecule has 0 amide bonds. The normalized spacial score (nSPS) is 25.2. The van der Waals surface area contributed by atoms with Crippen LogP contribution in [-0.2, 0) is 0 Å². The summed E-state index contributed by atoms with van der Waals surface area (Å²) in [5.41, 5.74) is 10.3. The lowest BCUT2D eigenvalue weighted by Gasteiger charge is -2.37. The summed E-state index contributed by atoms with van der Waals surface area (Å²) in [6.45, 7) is 2.21. The van der Waals surface area contributed by atoms with E-state index >= 15 is 0 Å². The van der Waals surface area contributed by atoms with Gasteiger partial charge in [0.2, 0.25) is 0 Å². The summed E-state index contributed by atoms with van der Waals surface area (Å²) < 4.78 is 13.5. The average molecular weight is 265 g/mol. The molecular formula is C15H24FN3. The minimum absolute atomic E-state index is 0.0547. The van der Waals surface area contributed by atoms with Gasteiger partial charge in [0.1, 0.15) is 5.82 Å². The number of nitrogens with one attached hydrogen (secondary N) is 1. The Hall–Kier alpha value is -1.13. The molecule has 0 saturated heterocycles. The summed E-state index contributed by atoms with van der Waals surface area (Å²) in [6.07, 6.45) is 6.00. The fraction of sp³-hybridized carbons (Fsp3) is 0.600. The molecule has 0 aromatic heterocycles. The highest BCUT2D eigenvalue weighted by molar-refractivity contribution is 5.48. The van der Waals surface area contributed by atoms with E-state index in [4.69, 9.17) is 11.6 Å². The predicted molar refractivity (Wildman–Crippen MR) is 76.6 cm³/mol. The number of hydrazine groups is 1. The molecule has 1 aromatic rings. The molecule has 1 saturated carbocycles. The Balaban J connectivity index is 2.29. The van der Waals surface area contributed by atoms with Gasteiger partial charge in [0.25, 0.3) is 0 Å². The molecule has 1 fully saturated rings. The van der Waals surface area contributed by atoms with Crippen LogP contribution in [-0.4, -0.2) is 0 Å². The highest BCUT2D eigenvalue weighted by atomic mass is 19.1. The van der Waals surface area contributed by atoms with E-state index in [1.54, 1.807) is 6.07 Å². The second-order valence-corrected chi connectivity index (χ2v) is 5.53. The molecule has 0 radical (unpaired) electrons. The second-order valence-electron chi connectivity index (χ2n) is 5.53. The van der Waals surface area contributed by atoms with Gasteiger partial charge in [-0.25, -0.2) is 4.39 Å². The molecule has 0 bridgehead atoms. The van der Waals surface area contributed by atoms with Crippen molar-refractivity contribution < 1.29 is 4.39 Å². The third kappa shape index (κ3) is 3.07. The minimum Gasteiger partial charge on any atom is -0.398 e. The van der Waals surface area contributed by atoms with E-state index in [0.29, 0.717) is 17.5 Å². The fourth-order valence-corrected chi connectivity index (χ4v) is 3.44. The van der Waals surface area contributed by atoms with Crippen LogP contribution < -0.4 is 17.0 Å². The van der Waals surface area contributed by atoms with E-state index in [9.17, 15) is 4.39 Å². The van der Waals surface area contributed by atoms with Gasteiger partial charge in [-0.05, 0) is 42.0 Å². The van der Waals surface area contributed by atoms with Crippen molar-refractivity contribution in [2.45, 2.75) is 45.1 Å². The molecule has 0 heterocycles. The zero-order chi connectivity index (χ0) is 13.8. The van der Waals surface area contributed by atoms with E-state index in [2.05, 4.69) is 12.3 Å². The van der Waals surface area contributed by atoms with Gasteiger partial charge in [0.05, 0.1) is 6.04 Å². The Kier molecular flexibility index (Phi) is 4.77.